The van der Waals surface area contributed by atoms with E-state index in [2.05, 4.69) is 12.1 Å². The van der Waals surface area contributed by atoms with E-state index in [-0.39, 0.29) is 12.5 Å². The highest BCUT2D eigenvalue weighted by atomic mass is 16.6. The van der Waals surface area contributed by atoms with Crippen molar-refractivity contribution in [2.24, 2.45) is 0 Å². The lowest BCUT2D eigenvalue weighted by Gasteiger charge is -2.37. The number of carbonyl (C=O) groups excluding carboxylic acids is 1. The van der Waals surface area contributed by atoms with E-state index in [0.29, 0.717) is 11.3 Å². The fraction of sp³-hybridized carbons (Fsp3) is 0.133. The number of hydrogen-bond acceptors (Lipinski definition) is 3. The maximum absolute atomic E-state index is 13.7. The number of rotatable bonds is 6. The van der Waals surface area contributed by atoms with Crippen LogP contribution in [0.2, 0.25) is 0 Å². The normalized spacial score (nSPS) is 13.9. The van der Waals surface area contributed by atoms with E-state index in [1.165, 1.54) is 11.8 Å². The Balaban J connectivity index is 1.51. The van der Waals surface area contributed by atoms with E-state index in [1.54, 1.807) is 48.5 Å². The average Bonchev–Trinajstić information content (AvgIpc) is 3.22. The second-order valence-electron chi connectivity index (χ2n) is 8.72. The molecule has 0 aromatic heterocycles. The minimum atomic E-state index is -1.68. The topological polar surface area (TPSA) is 66.8 Å². The van der Waals surface area contributed by atoms with E-state index in [0.717, 1.165) is 22.3 Å². The Morgan fingerprint density at radius 3 is 1.80 bits per heavy atom. The Morgan fingerprint density at radius 1 is 0.771 bits per heavy atom. The summed E-state index contributed by atoms with van der Waals surface area (Å²) >= 11 is 0. The lowest BCUT2D eigenvalue weighted by molar-refractivity contribution is -0.143. The Bertz CT molecular complexity index is 1320. The maximum atomic E-state index is 13.7. The van der Waals surface area contributed by atoms with Crippen molar-refractivity contribution in [3.8, 4) is 11.1 Å². The summed E-state index contributed by atoms with van der Waals surface area (Å²) in [6.45, 7) is 1.62. The van der Waals surface area contributed by atoms with E-state index in [9.17, 15) is 14.7 Å². The van der Waals surface area contributed by atoms with Gasteiger partial charge >= 0.3 is 12.1 Å². The van der Waals surface area contributed by atoms with Gasteiger partial charge in [-0.2, -0.15) is 0 Å². The zero-order valence-corrected chi connectivity index (χ0v) is 19.3. The van der Waals surface area contributed by atoms with Gasteiger partial charge in [-0.3, -0.25) is 4.90 Å². The molecule has 1 atom stereocenters. The molecule has 1 aliphatic rings. The fourth-order valence-electron chi connectivity index (χ4n) is 4.89. The molecule has 4 aromatic carbocycles. The molecule has 0 radical (unpaired) electrons. The maximum Gasteiger partial charge on any atom is 0.415 e. The molecular formula is C30H25NO4. The van der Waals surface area contributed by atoms with Gasteiger partial charge in [-0.15, -0.1) is 0 Å². The van der Waals surface area contributed by atoms with Crippen LogP contribution in [0.5, 0.6) is 0 Å². The third-order valence-electron chi connectivity index (χ3n) is 6.73. The Morgan fingerprint density at radius 2 is 1.26 bits per heavy atom. The molecule has 4 aromatic rings. The second kappa shape index (κ2) is 9.11. The summed E-state index contributed by atoms with van der Waals surface area (Å²) < 4.78 is 5.90. The van der Waals surface area contributed by atoms with Crippen molar-refractivity contribution in [2.45, 2.75) is 18.4 Å². The number of aliphatic carboxylic acids is 1. The van der Waals surface area contributed by atoms with Gasteiger partial charge < -0.3 is 9.84 Å². The Kier molecular flexibility index (Phi) is 5.83. The zero-order valence-electron chi connectivity index (χ0n) is 19.3. The van der Waals surface area contributed by atoms with Crippen molar-refractivity contribution in [1.82, 2.24) is 0 Å². The second-order valence-corrected chi connectivity index (χ2v) is 8.72. The molecule has 5 rings (SSSR count). The number of fused-ring (bicyclic) bond motifs is 3. The summed E-state index contributed by atoms with van der Waals surface area (Å²) in [6, 6.07) is 33.7. The van der Waals surface area contributed by atoms with Crippen molar-refractivity contribution >= 4 is 17.7 Å². The monoisotopic (exact) mass is 463 g/mol. The first kappa shape index (κ1) is 22.4. The number of carboxylic acids is 1. The van der Waals surface area contributed by atoms with Gasteiger partial charge in [0.15, 0.2) is 5.54 Å². The number of para-hydroxylation sites is 1. The molecule has 1 amide bonds. The predicted molar refractivity (Wildman–Crippen MR) is 135 cm³/mol. The van der Waals surface area contributed by atoms with Crippen LogP contribution in [0.15, 0.2) is 109 Å². The van der Waals surface area contributed by atoms with Crippen LogP contribution in [0, 0.1) is 0 Å². The first-order valence-corrected chi connectivity index (χ1v) is 11.5. The number of benzene rings is 4. The number of nitrogens with zero attached hydrogens (tertiary/aromatic N) is 1. The molecule has 1 N–H and O–H groups in total. The van der Waals surface area contributed by atoms with Gasteiger partial charge in [-0.05, 0) is 46.9 Å². The molecule has 1 unspecified atom stereocenters. The van der Waals surface area contributed by atoms with Crippen LogP contribution in [0.4, 0.5) is 10.5 Å². The predicted octanol–water partition coefficient (Wildman–Crippen LogP) is 6.44. The van der Waals surface area contributed by atoms with Crippen LogP contribution in [-0.2, 0) is 15.1 Å². The Hall–Kier alpha value is -4.38. The van der Waals surface area contributed by atoms with Gasteiger partial charge in [0.2, 0.25) is 0 Å². The van der Waals surface area contributed by atoms with Crippen LogP contribution in [0.1, 0.15) is 29.5 Å². The molecule has 1 aliphatic carbocycles. The first-order valence-electron chi connectivity index (χ1n) is 11.5. The molecule has 0 heterocycles. The van der Waals surface area contributed by atoms with Crippen LogP contribution in [0.3, 0.4) is 0 Å². The number of hydrogen-bond donors (Lipinski definition) is 1. The summed E-state index contributed by atoms with van der Waals surface area (Å²) in [5, 5.41) is 10.4. The fourth-order valence-corrected chi connectivity index (χ4v) is 4.89. The number of carbonyl (C=O) groups is 2. The third kappa shape index (κ3) is 3.85. The molecule has 174 valence electrons. The van der Waals surface area contributed by atoms with Crippen LogP contribution in [0.25, 0.3) is 11.1 Å². The van der Waals surface area contributed by atoms with Crippen molar-refractivity contribution < 1.29 is 19.4 Å². The highest BCUT2D eigenvalue weighted by molar-refractivity contribution is 5.98. The lowest BCUT2D eigenvalue weighted by Crippen LogP contribution is -2.53. The molecule has 5 heteroatoms. The van der Waals surface area contributed by atoms with Gasteiger partial charge in [0.25, 0.3) is 0 Å². The molecule has 35 heavy (non-hydrogen) atoms. The van der Waals surface area contributed by atoms with Crippen molar-refractivity contribution in [1.29, 1.82) is 0 Å². The van der Waals surface area contributed by atoms with Gasteiger partial charge in [-0.1, -0.05) is 97.1 Å². The number of amides is 1. The molecule has 0 saturated heterocycles. The molecule has 0 bridgehead atoms. The molecule has 0 aliphatic heterocycles. The van der Waals surface area contributed by atoms with Crippen molar-refractivity contribution in [3.05, 3.63) is 126 Å². The van der Waals surface area contributed by atoms with E-state index in [1.807, 2.05) is 48.5 Å². The van der Waals surface area contributed by atoms with Crippen LogP contribution >= 0.6 is 0 Å². The summed E-state index contributed by atoms with van der Waals surface area (Å²) in [7, 11) is 0. The van der Waals surface area contributed by atoms with Gasteiger partial charge in [0, 0.05) is 11.6 Å². The van der Waals surface area contributed by atoms with E-state index in [4.69, 9.17) is 4.74 Å². The minimum Gasteiger partial charge on any atom is -0.479 e. The average molecular weight is 464 g/mol. The number of carboxylic acid groups (broad SMARTS) is 1. The quantitative estimate of drug-likeness (QED) is 0.357. The van der Waals surface area contributed by atoms with Gasteiger partial charge in [0.1, 0.15) is 6.61 Å². The zero-order chi connectivity index (χ0) is 24.4. The highest BCUT2D eigenvalue weighted by Gasteiger charge is 2.46. The van der Waals surface area contributed by atoms with E-state index >= 15 is 0 Å². The standard InChI is InChI=1S/C30H25NO4/c1-30(28(32)33,21-12-4-2-5-13-21)31(22-14-6-3-7-15-22)29(34)35-20-27-25-18-10-8-16-23(25)24-17-9-11-19-26(24)27/h2-19,27H,20H2,1H3,(H,32,33). The van der Waals surface area contributed by atoms with Crippen LogP contribution in [-0.4, -0.2) is 23.8 Å². The number of anilines is 1. The summed E-state index contributed by atoms with van der Waals surface area (Å²) in [6.07, 6.45) is -0.716. The SMILES string of the molecule is CC(C(=O)O)(c1ccccc1)N(C(=O)OCC1c2ccccc2-c2ccccc21)c1ccccc1. The summed E-state index contributed by atoms with van der Waals surface area (Å²) in [5.41, 5.74) is 3.69. The summed E-state index contributed by atoms with van der Waals surface area (Å²) in [5.74, 6) is -1.28. The largest absolute Gasteiger partial charge is 0.479 e. The van der Waals surface area contributed by atoms with Crippen molar-refractivity contribution in [2.75, 3.05) is 11.5 Å². The molecule has 0 spiro atoms. The van der Waals surface area contributed by atoms with Crippen LogP contribution < -0.4 is 4.90 Å². The van der Waals surface area contributed by atoms with Gasteiger partial charge in [0.05, 0.1) is 0 Å². The molecule has 0 fully saturated rings. The van der Waals surface area contributed by atoms with Crippen molar-refractivity contribution in [3.63, 3.8) is 0 Å². The minimum absolute atomic E-state index is 0.0979. The summed E-state index contributed by atoms with van der Waals surface area (Å²) in [4.78, 5) is 27.6. The lowest BCUT2D eigenvalue weighted by atomic mass is 9.89. The first-order chi connectivity index (χ1) is 17.0. The molecular weight excluding hydrogens is 438 g/mol. The Labute approximate surface area is 204 Å². The van der Waals surface area contributed by atoms with Gasteiger partial charge in [-0.25, -0.2) is 9.59 Å². The van der Waals surface area contributed by atoms with E-state index < -0.39 is 17.6 Å². The molecule has 5 nitrogen and oxygen atoms in total. The number of ether oxygens (including phenoxy) is 1. The third-order valence-corrected chi connectivity index (χ3v) is 6.73. The molecule has 0 saturated carbocycles. The highest BCUT2D eigenvalue weighted by Crippen LogP contribution is 2.45. The smallest absolute Gasteiger partial charge is 0.415 e.